The van der Waals surface area contributed by atoms with E-state index in [9.17, 15) is 14.9 Å². The van der Waals surface area contributed by atoms with Crippen LogP contribution in [-0.4, -0.2) is 22.1 Å². The van der Waals surface area contributed by atoms with Crippen molar-refractivity contribution in [2.24, 2.45) is 0 Å². The van der Waals surface area contributed by atoms with E-state index in [0.717, 1.165) is 5.56 Å². The first kappa shape index (κ1) is 17.3. The van der Waals surface area contributed by atoms with Gasteiger partial charge in [0.2, 0.25) is 5.75 Å². The highest BCUT2D eigenvalue weighted by atomic mass is 16.6. The number of carboxylic acid groups (broad SMARTS) is 1. The lowest BCUT2D eigenvalue weighted by Crippen LogP contribution is -2.17. The Bertz CT molecular complexity index is 716. The Morgan fingerprint density at radius 3 is 2.58 bits per heavy atom. The minimum atomic E-state index is -1.04. The van der Waals surface area contributed by atoms with Gasteiger partial charge < -0.3 is 14.6 Å². The van der Waals surface area contributed by atoms with Gasteiger partial charge in [0, 0.05) is 12.1 Å². The van der Waals surface area contributed by atoms with E-state index in [-0.39, 0.29) is 17.9 Å². The molecule has 7 nitrogen and oxygen atoms in total. The molecule has 0 radical (unpaired) electrons. The summed E-state index contributed by atoms with van der Waals surface area (Å²) in [6.07, 6.45) is -0.961. The lowest BCUT2D eigenvalue weighted by atomic mass is 10.2. The molecule has 2 aromatic carbocycles. The highest BCUT2D eigenvalue weighted by Gasteiger charge is 2.19. The zero-order valence-corrected chi connectivity index (χ0v) is 13.0. The smallest absolute Gasteiger partial charge is 0.311 e. The van der Waals surface area contributed by atoms with E-state index in [4.69, 9.17) is 14.6 Å². The van der Waals surface area contributed by atoms with Crippen LogP contribution in [0, 0.1) is 10.1 Å². The third kappa shape index (κ3) is 4.98. The molecule has 1 unspecified atom stereocenters. The Hall–Kier alpha value is -3.09. The van der Waals surface area contributed by atoms with Gasteiger partial charge in [-0.15, -0.1) is 0 Å². The first-order valence-electron chi connectivity index (χ1n) is 7.29. The van der Waals surface area contributed by atoms with Crippen LogP contribution in [0.1, 0.15) is 18.9 Å². The molecule has 126 valence electrons. The van der Waals surface area contributed by atoms with Crippen LogP contribution in [0.5, 0.6) is 11.5 Å². The number of nitrogens with zero attached hydrogens (tertiary/aromatic N) is 1. The molecule has 2 aromatic rings. The monoisotopic (exact) mass is 331 g/mol. The first-order valence-corrected chi connectivity index (χ1v) is 7.29. The van der Waals surface area contributed by atoms with Gasteiger partial charge in [-0.2, -0.15) is 0 Å². The van der Waals surface area contributed by atoms with Crippen molar-refractivity contribution in [1.29, 1.82) is 0 Å². The van der Waals surface area contributed by atoms with Gasteiger partial charge in [0.25, 0.3) is 0 Å². The van der Waals surface area contributed by atoms with Crippen LogP contribution >= 0.6 is 0 Å². The Morgan fingerprint density at radius 1 is 1.25 bits per heavy atom. The van der Waals surface area contributed by atoms with E-state index in [2.05, 4.69) is 0 Å². The van der Waals surface area contributed by atoms with Gasteiger partial charge in [-0.25, -0.2) is 0 Å². The van der Waals surface area contributed by atoms with E-state index in [0.29, 0.717) is 12.4 Å². The van der Waals surface area contributed by atoms with E-state index in [1.165, 1.54) is 25.1 Å². The topological polar surface area (TPSA) is 98.9 Å². The summed E-state index contributed by atoms with van der Waals surface area (Å²) in [6, 6.07) is 13.6. The number of carbonyl (C=O) groups is 1. The van der Waals surface area contributed by atoms with Gasteiger partial charge in [0.15, 0.2) is 0 Å². The zero-order valence-electron chi connectivity index (χ0n) is 13.0. The molecule has 0 aliphatic rings. The minimum absolute atomic E-state index is 0.0145. The number of hydrogen-bond donors (Lipinski definition) is 1. The average molecular weight is 331 g/mol. The van der Waals surface area contributed by atoms with Crippen LogP contribution in [-0.2, 0) is 11.4 Å². The van der Waals surface area contributed by atoms with E-state index in [1.807, 2.05) is 30.3 Å². The quantitative estimate of drug-likeness (QED) is 0.588. The molecule has 0 fully saturated rings. The predicted octanol–water partition coefficient (Wildman–Crippen LogP) is 3.42. The molecule has 24 heavy (non-hydrogen) atoms. The summed E-state index contributed by atoms with van der Waals surface area (Å²) in [4.78, 5) is 21.2. The predicted molar refractivity (Wildman–Crippen MR) is 86.2 cm³/mol. The van der Waals surface area contributed by atoms with Crippen molar-refractivity contribution in [2.75, 3.05) is 0 Å². The van der Waals surface area contributed by atoms with Gasteiger partial charge in [-0.05, 0) is 18.6 Å². The van der Waals surface area contributed by atoms with Crippen LogP contribution < -0.4 is 9.47 Å². The molecule has 1 atom stereocenters. The average Bonchev–Trinajstić information content (AvgIpc) is 2.53. The summed E-state index contributed by atoms with van der Waals surface area (Å²) < 4.78 is 11.0. The van der Waals surface area contributed by atoms with Gasteiger partial charge in [-0.3, -0.25) is 14.9 Å². The highest BCUT2D eigenvalue weighted by molar-refractivity contribution is 5.67. The molecule has 0 aliphatic heterocycles. The molecule has 0 spiro atoms. The second kappa shape index (κ2) is 7.96. The molecule has 1 N–H and O–H groups in total. The van der Waals surface area contributed by atoms with Crippen LogP contribution in [0.3, 0.4) is 0 Å². The second-order valence-electron chi connectivity index (χ2n) is 5.19. The fourth-order valence-electron chi connectivity index (χ4n) is 2.07. The normalized spacial score (nSPS) is 11.5. The van der Waals surface area contributed by atoms with Crippen LogP contribution in [0.15, 0.2) is 48.5 Å². The number of aliphatic carboxylic acids is 1. The van der Waals surface area contributed by atoms with Crippen molar-refractivity contribution >= 4 is 11.7 Å². The Balaban J connectivity index is 2.14. The van der Waals surface area contributed by atoms with Gasteiger partial charge in [0.1, 0.15) is 18.5 Å². The number of hydrogen-bond acceptors (Lipinski definition) is 5. The maximum absolute atomic E-state index is 11.1. The number of nitro groups is 1. The molecule has 0 saturated heterocycles. The molecule has 2 rings (SSSR count). The van der Waals surface area contributed by atoms with Crippen molar-refractivity contribution < 1.29 is 24.3 Å². The SMILES string of the molecule is CC(CC(=O)O)Oc1cc(OCc2ccccc2)ccc1[N+](=O)[O-]. The molecule has 0 aliphatic carbocycles. The van der Waals surface area contributed by atoms with E-state index in [1.54, 1.807) is 0 Å². The zero-order chi connectivity index (χ0) is 17.5. The van der Waals surface area contributed by atoms with E-state index < -0.39 is 17.0 Å². The molecular weight excluding hydrogens is 314 g/mol. The standard InChI is InChI=1S/C17H17NO6/c1-12(9-17(19)20)24-16-10-14(7-8-15(16)18(21)22)23-11-13-5-3-2-4-6-13/h2-8,10,12H,9,11H2,1H3,(H,19,20). The van der Waals surface area contributed by atoms with Crippen molar-refractivity contribution in [1.82, 2.24) is 0 Å². The highest BCUT2D eigenvalue weighted by Crippen LogP contribution is 2.32. The molecular formula is C17H17NO6. The van der Waals surface area contributed by atoms with Crippen LogP contribution in [0.2, 0.25) is 0 Å². The molecule has 0 saturated carbocycles. The maximum atomic E-state index is 11.1. The van der Waals surface area contributed by atoms with Crippen molar-refractivity contribution in [2.45, 2.75) is 26.1 Å². The summed E-state index contributed by atoms with van der Waals surface area (Å²) >= 11 is 0. The molecule has 0 heterocycles. The van der Waals surface area contributed by atoms with Crippen molar-refractivity contribution in [3.63, 3.8) is 0 Å². The largest absolute Gasteiger partial charge is 0.489 e. The summed E-state index contributed by atoms with van der Waals surface area (Å²) in [5.41, 5.74) is 0.719. The summed E-state index contributed by atoms with van der Waals surface area (Å²) in [7, 11) is 0. The number of ether oxygens (including phenoxy) is 2. The summed E-state index contributed by atoms with van der Waals surface area (Å²) in [5, 5.41) is 19.9. The fourth-order valence-corrected chi connectivity index (χ4v) is 2.07. The summed E-state index contributed by atoms with van der Waals surface area (Å²) in [6.45, 7) is 1.85. The maximum Gasteiger partial charge on any atom is 0.311 e. The van der Waals surface area contributed by atoms with E-state index >= 15 is 0 Å². The van der Waals surface area contributed by atoms with Crippen LogP contribution in [0.25, 0.3) is 0 Å². The fraction of sp³-hybridized carbons (Fsp3) is 0.235. The third-order valence-electron chi connectivity index (χ3n) is 3.17. The third-order valence-corrected chi connectivity index (χ3v) is 3.17. The summed E-state index contributed by atoms with van der Waals surface area (Å²) in [5.74, 6) is -0.650. The minimum Gasteiger partial charge on any atom is -0.489 e. The molecule has 7 heteroatoms. The first-order chi connectivity index (χ1) is 11.5. The number of carboxylic acids is 1. The number of rotatable bonds is 8. The molecule has 0 bridgehead atoms. The van der Waals surface area contributed by atoms with Crippen molar-refractivity contribution in [3.05, 3.63) is 64.2 Å². The molecule has 0 amide bonds. The number of benzene rings is 2. The van der Waals surface area contributed by atoms with Gasteiger partial charge in [0.05, 0.1) is 11.3 Å². The molecule has 0 aromatic heterocycles. The van der Waals surface area contributed by atoms with Crippen molar-refractivity contribution in [3.8, 4) is 11.5 Å². The lowest BCUT2D eigenvalue weighted by molar-refractivity contribution is -0.386. The second-order valence-corrected chi connectivity index (χ2v) is 5.19. The Kier molecular flexibility index (Phi) is 5.73. The lowest BCUT2D eigenvalue weighted by Gasteiger charge is -2.14. The Morgan fingerprint density at radius 2 is 1.96 bits per heavy atom. The van der Waals surface area contributed by atoms with Gasteiger partial charge >= 0.3 is 11.7 Å². The van der Waals surface area contributed by atoms with Crippen LogP contribution in [0.4, 0.5) is 5.69 Å². The number of nitro benzene ring substituents is 1. The van der Waals surface area contributed by atoms with Gasteiger partial charge in [-0.1, -0.05) is 30.3 Å². The Labute approximate surface area is 138 Å².